The van der Waals surface area contributed by atoms with Crippen molar-refractivity contribution < 1.29 is 9.47 Å². The first-order valence-electron chi connectivity index (χ1n) is 8.04. The highest BCUT2D eigenvalue weighted by molar-refractivity contribution is 14.0. The van der Waals surface area contributed by atoms with Crippen LogP contribution in [0.4, 0.5) is 0 Å². The lowest BCUT2D eigenvalue weighted by molar-refractivity contribution is 0.340. The van der Waals surface area contributed by atoms with Crippen LogP contribution < -0.4 is 20.1 Å². The maximum absolute atomic E-state index is 5.52. The lowest BCUT2D eigenvalue weighted by Crippen LogP contribution is -2.36. The summed E-state index contributed by atoms with van der Waals surface area (Å²) in [4.78, 5) is 4.25. The Hall–Kier alpha value is -1.96. The zero-order valence-corrected chi connectivity index (χ0v) is 17.2. The smallest absolute Gasteiger partial charge is 0.191 e. The van der Waals surface area contributed by atoms with Crippen LogP contribution in [0, 0.1) is 0 Å². The Bertz CT molecular complexity index is 677. The van der Waals surface area contributed by atoms with Gasteiger partial charge in [0.2, 0.25) is 0 Å². The van der Waals surface area contributed by atoms with E-state index >= 15 is 0 Å². The molecule has 0 fully saturated rings. The van der Waals surface area contributed by atoms with Crippen molar-refractivity contribution in [2.45, 2.75) is 20.0 Å². The van der Waals surface area contributed by atoms with Crippen LogP contribution in [0.2, 0.25) is 0 Å². The molecule has 0 aliphatic heterocycles. The maximum atomic E-state index is 5.52. The van der Waals surface area contributed by atoms with E-state index in [9.17, 15) is 0 Å². The molecule has 0 spiro atoms. The van der Waals surface area contributed by atoms with Gasteiger partial charge in [-0.25, -0.2) is 0 Å². The van der Waals surface area contributed by atoms with Crippen LogP contribution in [0.25, 0.3) is 0 Å². The van der Waals surface area contributed by atoms with Crippen molar-refractivity contribution in [3.05, 3.63) is 59.7 Å². The van der Waals surface area contributed by atoms with Crippen LogP contribution in [-0.4, -0.2) is 26.7 Å². The van der Waals surface area contributed by atoms with Gasteiger partial charge in [0, 0.05) is 20.1 Å². The van der Waals surface area contributed by atoms with Crippen molar-refractivity contribution in [2.75, 3.05) is 20.8 Å². The lowest BCUT2D eigenvalue weighted by Gasteiger charge is -2.13. The quantitative estimate of drug-likeness (QED) is 0.381. The van der Waals surface area contributed by atoms with E-state index < -0.39 is 0 Å². The molecule has 0 radical (unpaired) electrons. The Morgan fingerprint density at radius 3 is 2.04 bits per heavy atom. The summed E-state index contributed by atoms with van der Waals surface area (Å²) in [6.45, 7) is 4.00. The zero-order chi connectivity index (χ0) is 17.2. The normalized spacial score (nSPS) is 10.6. The summed E-state index contributed by atoms with van der Waals surface area (Å²) in [5, 5.41) is 6.61. The van der Waals surface area contributed by atoms with E-state index in [1.807, 2.05) is 49.4 Å². The molecule has 25 heavy (non-hydrogen) atoms. The predicted octanol–water partition coefficient (Wildman–Crippen LogP) is 3.58. The van der Waals surface area contributed by atoms with Gasteiger partial charge in [-0.15, -0.1) is 24.0 Å². The summed E-state index contributed by atoms with van der Waals surface area (Å²) < 4.78 is 10.8. The van der Waals surface area contributed by atoms with Gasteiger partial charge in [-0.1, -0.05) is 24.3 Å². The molecule has 0 aliphatic carbocycles. The molecule has 0 heterocycles. The SMILES string of the molecule is CCOc1cccc(CNC(=NC)NCc2cccc(OC)c2)c1.I. The maximum Gasteiger partial charge on any atom is 0.191 e. The Kier molecular flexibility index (Phi) is 9.76. The molecular weight excluding hydrogens is 429 g/mol. The standard InChI is InChI=1S/C19H25N3O2.HI/c1-4-24-18-10-6-8-16(12-18)14-22-19(20-2)21-13-15-7-5-9-17(11-15)23-3;/h5-12H,4,13-14H2,1-3H3,(H2,20,21,22);1H. The minimum atomic E-state index is 0. The molecule has 0 unspecified atom stereocenters. The monoisotopic (exact) mass is 455 g/mol. The Labute approximate surface area is 166 Å². The highest BCUT2D eigenvalue weighted by Gasteiger charge is 2.01. The lowest BCUT2D eigenvalue weighted by atomic mass is 10.2. The first-order chi connectivity index (χ1) is 11.7. The van der Waals surface area contributed by atoms with Gasteiger partial charge in [0.05, 0.1) is 13.7 Å². The molecule has 136 valence electrons. The van der Waals surface area contributed by atoms with Crippen molar-refractivity contribution in [3.8, 4) is 11.5 Å². The van der Waals surface area contributed by atoms with E-state index in [-0.39, 0.29) is 24.0 Å². The number of rotatable bonds is 7. The average molecular weight is 455 g/mol. The van der Waals surface area contributed by atoms with Crippen LogP contribution in [0.15, 0.2) is 53.5 Å². The molecule has 0 amide bonds. The number of methoxy groups -OCH3 is 1. The van der Waals surface area contributed by atoms with Crippen molar-refractivity contribution in [1.29, 1.82) is 0 Å². The highest BCUT2D eigenvalue weighted by atomic mass is 127. The molecule has 2 N–H and O–H groups in total. The Balaban J connectivity index is 0.00000312. The summed E-state index contributed by atoms with van der Waals surface area (Å²) in [6.07, 6.45) is 0. The van der Waals surface area contributed by atoms with E-state index in [0.29, 0.717) is 19.7 Å². The summed E-state index contributed by atoms with van der Waals surface area (Å²) in [6, 6.07) is 16.0. The van der Waals surface area contributed by atoms with Gasteiger partial charge in [-0.05, 0) is 42.3 Å². The van der Waals surface area contributed by atoms with Gasteiger partial charge >= 0.3 is 0 Å². The van der Waals surface area contributed by atoms with E-state index in [4.69, 9.17) is 9.47 Å². The topological polar surface area (TPSA) is 54.9 Å². The molecular formula is C19H26IN3O2. The molecule has 0 bridgehead atoms. The van der Waals surface area contributed by atoms with Crippen LogP contribution in [0.1, 0.15) is 18.1 Å². The third-order valence-corrected chi connectivity index (χ3v) is 3.49. The molecule has 0 saturated heterocycles. The molecule has 2 aromatic carbocycles. The molecule has 2 aromatic rings. The van der Waals surface area contributed by atoms with Crippen LogP contribution in [0.3, 0.4) is 0 Å². The van der Waals surface area contributed by atoms with Crippen molar-refractivity contribution in [3.63, 3.8) is 0 Å². The number of benzene rings is 2. The zero-order valence-electron chi connectivity index (χ0n) is 14.9. The first kappa shape index (κ1) is 21.1. The second-order valence-corrected chi connectivity index (χ2v) is 5.21. The van der Waals surface area contributed by atoms with E-state index in [1.54, 1.807) is 14.2 Å². The molecule has 6 heteroatoms. The second kappa shape index (κ2) is 11.6. The van der Waals surface area contributed by atoms with Crippen molar-refractivity contribution >= 4 is 29.9 Å². The summed E-state index contributed by atoms with van der Waals surface area (Å²) in [7, 11) is 3.43. The highest BCUT2D eigenvalue weighted by Crippen LogP contribution is 2.13. The number of hydrogen-bond acceptors (Lipinski definition) is 3. The largest absolute Gasteiger partial charge is 0.497 e. The number of halogens is 1. The molecule has 5 nitrogen and oxygen atoms in total. The van der Waals surface area contributed by atoms with E-state index in [1.165, 1.54) is 0 Å². The van der Waals surface area contributed by atoms with Crippen LogP contribution in [-0.2, 0) is 13.1 Å². The number of ether oxygens (including phenoxy) is 2. The average Bonchev–Trinajstić information content (AvgIpc) is 2.62. The molecule has 0 atom stereocenters. The minimum absolute atomic E-state index is 0. The Morgan fingerprint density at radius 2 is 1.52 bits per heavy atom. The number of nitrogens with zero attached hydrogens (tertiary/aromatic N) is 1. The number of hydrogen-bond donors (Lipinski definition) is 2. The third kappa shape index (κ3) is 7.21. The summed E-state index contributed by atoms with van der Waals surface area (Å²) >= 11 is 0. The van der Waals surface area contributed by atoms with Gasteiger partial charge < -0.3 is 20.1 Å². The fraction of sp³-hybridized carbons (Fsp3) is 0.316. The van der Waals surface area contributed by atoms with Gasteiger partial charge in [0.1, 0.15) is 11.5 Å². The molecule has 0 saturated carbocycles. The number of aliphatic imine (C=N–C) groups is 1. The summed E-state index contributed by atoms with van der Waals surface area (Å²) in [5.41, 5.74) is 2.28. The fourth-order valence-corrected chi connectivity index (χ4v) is 2.29. The van der Waals surface area contributed by atoms with Crippen molar-refractivity contribution in [2.24, 2.45) is 4.99 Å². The summed E-state index contributed by atoms with van der Waals surface area (Å²) in [5.74, 6) is 2.49. The number of guanidine groups is 1. The van der Waals surface area contributed by atoms with Gasteiger partial charge in [0.25, 0.3) is 0 Å². The number of nitrogens with one attached hydrogen (secondary N) is 2. The minimum Gasteiger partial charge on any atom is -0.497 e. The fourth-order valence-electron chi connectivity index (χ4n) is 2.29. The second-order valence-electron chi connectivity index (χ2n) is 5.21. The van der Waals surface area contributed by atoms with E-state index in [2.05, 4.69) is 21.7 Å². The van der Waals surface area contributed by atoms with Gasteiger partial charge in [-0.3, -0.25) is 4.99 Å². The van der Waals surface area contributed by atoms with E-state index in [0.717, 1.165) is 28.6 Å². The predicted molar refractivity (Wildman–Crippen MR) is 113 cm³/mol. The third-order valence-electron chi connectivity index (χ3n) is 3.49. The van der Waals surface area contributed by atoms with Crippen LogP contribution >= 0.6 is 24.0 Å². The van der Waals surface area contributed by atoms with Crippen LogP contribution in [0.5, 0.6) is 11.5 Å². The molecule has 0 aromatic heterocycles. The molecule has 0 aliphatic rings. The Morgan fingerprint density at radius 1 is 0.960 bits per heavy atom. The van der Waals surface area contributed by atoms with Gasteiger partial charge in [0.15, 0.2) is 5.96 Å². The molecule has 2 rings (SSSR count). The first-order valence-corrected chi connectivity index (χ1v) is 8.04. The van der Waals surface area contributed by atoms with Crippen molar-refractivity contribution in [1.82, 2.24) is 10.6 Å². The van der Waals surface area contributed by atoms with Gasteiger partial charge in [-0.2, -0.15) is 0 Å².